The molecule has 1 aromatic carbocycles. The lowest BCUT2D eigenvalue weighted by atomic mass is 9.90. The van der Waals surface area contributed by atoms with Crippen molar-refractivity contribution in [2.24, 2.45) is 11.8 Å². The van der Waals surface area contributed by atoms with Crippen LogP contribution in [-0.4, -0.2) is 12.6 Å². The second-order valence-electron chi connectivity index (χ2n) is 6.62. The van der Waals surface area contributed by atoms with Crippen LogP contribution in [0.1, 0.15) is 65.0 Å². The first-order chi connectivity index (χ1) is 10.1. The standard InChI is InChI=1S/C19H31NO/c1-5-15-7-8-17(13-15)19(20-6-2)16-9-11-18(12-10-16)21-14(3)4/h9-12,14-15,17,19-20H,5-8,13H2,1-4H3. The van der Waals surface area contributed by atoms with Crippen molar-refractivity contribution in [3.8, 4) is 5.75 Å². The van der Waals surface area contributed by atoms with Crippen LogP contribution in [0.25, 0.3) is 0 Å². The summed E-state index contributed by atoms with van der Waals surface area (Å²) in [6.45, 7) is 9.70. The molecule has 1 saturated carbocycles. The van der Waals surface area contributed by atoms with E-state index < -0.39 is 0 Å². The zero-order chi connectivity index (χ0) is 15.2. The molecule has 21 heavy (non-hydrogen) atoms. The third kappa shape index (κ3) is 4.47. The van der Waals surface area contributed by atoms with E-state index in [1.807, 2.05) is 0 Å². The van der Waals surface area contributed by atoms with E-state index in [-0.39, 0.29) is 6.10 Å². The van der Waals surface area contributed by atoms with Gasteiger partial charge in [0.1, 0.15) is 5.75 Å². The summed E-state index contributed by atoms with van der Waals surface area (Å²) < 4.78 is 5.75. The monoisotopic (exact) mass is 289 g/mol. The fraction of sp³-hybridized carbons (Fsp3) is 0.684. The average molecular weight is 289 g/mol. The molecule has 1 aliphatic carbocycles. The van der Waals surface area contributed by atoms with Gasteiger partial charge >= 0.3 is 0 Å². The van der Waals surface area contributed by atoms with Crippen molar-refractivity contribution in [3.63, 3.8) is 0 Å². The van der Waals surface area contributed by atoms with Crippen LogP contribution in [0.2, 0.25) is 0 Å². The van der Waals surface area contributed by atoms with Gasteiger partial charge in [-0.25, -0.2) is 0 Å². The van der Waals surface area contributed by atoms with Gasteiger partial charge in [0.15, 0.2) is 0 Å². The molecule has 0 amide bonds. The van der Waals surface area contributed by atoms with Gasteiger partial charge in [-0.2, -0.15) is 0 Å². The van der Waals surface area contributed by atoms with E-state index in [2.05, 4.69) is 57.3 Å². The van der Waals surface area contributed by atoms with Gasteiger partial charge in [0.2, 0.25) is 0 Å². The van der Waals surface area contributed by atoms with E-state index in [1.165, 1.54) is 31.2 Å². The van der Waals surface area contributed by atoms with Crippen LogP contribution in [0.3, 0.4) is 0 Å². The zero-order valence-corrected chi connectivity index (χ0v) is 14.1. The normalized spacial score (nSPS) is 23.5. The SMILES string of the molecule is CCNC(c1ccc(OC(C)C)cc1)C1CCC(CC)C1. The van der Waals surface area contributed by atoms with Gasteiger partial charge in [0.05, 0.1) is 6.10 Å². The fourth-order valence-corrected chi connectivity index (χ4v) is 3.59. The lowest BCUT2D eigenvalue weighted by Gasteiger charge is -2.25. The molecule has 2 heteroatoms. The van der Waals surface area contributed by atoms with E-state index in [1.54, 1.807) is 0 Å². The summed E-state index contributed by atoms with van der Waals surface area (Å²) in [5.41, 5.74) is 1.41. The Kier molecular flexibility index (Phi) is 6.10. The van der Waals surface area contributed by atoms with Crippen LogP contribution in [0.4, 0.5) is 0 Å². The van der Waals surface area contributed by atoms with Gasteiger partial charge in [-0.15, -0.1) is 0 Å². The molecule has 1 aliphatic rings. The molecule has 118 valence electrons. The maximum Gasteiger partial charge on any atom is 0.119 e. The second-order valence-corrected chi connectivity index (χ2v) is 6.62. The molecule has 0 heterocycles. The molecule has 0 aromatic heterocycles. The van der Waals surface area contributed by atoms with Crippen molar-refractivity contribution in [3.05, 3.63) is 29.8 Å². The number of hydrogen-bond acceptors (Lipinski definition) is 2. The first-order valence-electron chi connectivity index (χ1n) is 8.64. The average Bonchev–Trinajstić information content (AvgIpc) is 2.94. The Morgan fingerprint density at radius 3 is 2.38 bits per heavy atom. The van der Waals surface area contributed by atoms with E-state index >= 15 is 0 Å². The minimum Gasteiger partial charge on any atom is -0.491 e. The van der Waals surface area contributed by atoms with E-state index in [0.29, 0.717) is 6.04 Å². The summed E-state index contributed by atoms with van der Waals surface area (Å²) in [7, 11) is 0. The minimum absolute atomic E-state index is 0.237. The molecule has 2 nitrogen and oxygen atoms in total. The summed E-state index contributed by atoms with van der Waals surface area (Å²) in [4.78, 5) is 0. The highest BCUT2D eigenvalue weighted by Crippen LogP contribution is 2.40. The van der Waals surface area contributed by atoms with Crippen LogP contribution in [-0.2, 0) is 0 Å². The number of benzene rings is 1. The lowest BCUT2D eigenvalue weighted by molar-refractivity contribution is 0.242. The Labute approximate surface area is 130 Å². The second kappa shape index (κ2) is 7.84. The van der Waals surface area contributed by atoms with E-state index in [9.17, 15) is 0 Å². The third-order valence-corrected chi connectivity index (χ3v) is 4.67. The van der Waals surface area contributed by atoms with Crippen molar-refractivity contribution in [1.82, 2.24) is 5.32 Å². The molecule has 1 N–H and O–H groups in total. The molecule has 2 rings (SSSR count). The largest absolute Gasteiger partial charge is 0.491 e. The lowest BCUT2D eigenvalue weighted by Crippen LogP contribution is -2.27. The van der Waals surface area contributed by atoms with Gasteiger partial charge in [-0.05, 0) is 62.8 Å². The van der Waals surface area contributed by atoms with Crippen LogP contribution < -0.4 is 10.1 Å². The van der Waals surface area contributed by atoms with Gasteiger partial charge < -0.3 is 10.1 Å². The maximum absolute atomic E-state index is 5.75. The van der Waals surface area contributed by atoms with E-state index in [0.717, 1.165) is 24.1 Å². The van der Waals surface area contributed by atoms with Crippen LogP contribution >= 0.6 is 0 Å². The highest BCUT2D eigenvalue weighted by Gasteiger charge is 2.30. The molecular formula is C19H31NO. The van der Waals surface area contributed by atoms with Crippen LogP contribution in [0, 0.1) is 11.8 Å². The Morgan fingerprint density at radius 1 is 1.14 bits per heavy atom. The van der Waals surface area contributed by atoms with Crippen molar-refractivity contribution < 1.29 is 4.74 Å². The molecule has 0 spiro atoms. The number of nitrogens with one attached hydrogen (secondary N) is 1. The van der Waals surface area contributed by atoms with Crippen molar-refractivity contribution in [2.45, 2.75) is 65.5 Å². The number of hydrogen-bond donors (Lipinski definition) is 1. The van der Waals surface area contributed by atoms with E-state index in [4.69, 9.17) is 4.74 Å². The Balaban J connectivity index is 2.07. The summed E-state index contributed by atoms with van der Waals surface area (Å²) >= 11 is 0. The maximum atomic E-state index is 5.75. The summed E-state index contributed by atoms with van der Waals surface area (Å²) in [5, 5.41) is 3.70. The first-order valence-corrected chi connectivity index (χ1v) is 8.64. The molecular weight excluding hydrogens is 258 g/mol. The van der Waals surface area contributed by atoms with Gasteiger partial charge in [0, 0.05) is 6.04 Å². The predicted molar refractivity (Wildman–Crippen MR) is 89.7 cm³/mol. The Bertz CT molecular complexity index is 412. The first kappa shape index (κ1) is 16.4. The highest BCUT2D eigenvalue weighted by atomic mass is 16.5. The molecule has 0 radical (unpaired) electrons. The molecule has 0 bridgehead atoms. The number of ether oxygens (including phenoxy) is 1. The van der Waals surface area contributed by atoms with Gasteiger partial charge in [0.25, 0.3) is 0 Å². The van der Waals surface area contributed by atoms with Crippen molar-refractivity contribution in [2.75, 3.05) is 6.54 Å². The Morgan fingerprint density at radius 2 is 1.86 bits per heavy atom. The predicted octanol–water partition coefficient (Wildman–Crippen LogP) is 4.95. The highest BCUT2D eigenvalue weighted by molar-refractivity contribution is 5.30. The molecule has 1 fully saturated rings. The third-order valence-electron chi connectivity index (χ3n) is 4.67. The quantitative estimate of drug-likeness (QED) is 0.766. The van der Waals surface area contributed by atoms with Crippen molar-refractivity contribution >= 4 is 0 Å². The molecule has 3 unspecified atom stereocenters. The molecule has 0 aliphatic heterocycles. The molecule has 1 aromatic rings. The fourth-order valence-electron chi connectivity index (χ4n) is 3.59. The van der Waals surface area contributed by atoms with Gasteiger partial charge in [-0.3, -0.25) is 0 Å². The van der Waals surface area contributed by atoms with Crippen LogP contribution in [0.5, 0.6) is 5.75 Å². The van der Waals surface area contributed by atoms with Crippen LogP contribution in [0.15, 0.2) is 24.3 Å². The topological polar surface area (TPSA) is 21.3 Å². The summed E-state index contributed by atoms with van der Waals surface area (Å²) in [6.07, 6.45) is 5.70. The minimum atomic E-state index is 0.237. The van der Waals surface area contributed by atoms with Crippen molar-refractivity contribution in [1.29, 1.82) is 0 Å². The summed E-state index contributed by atoms with van der Waals surface area (Å²) in [6, 6.07) is 9.21. The smallest absolute Gasteiger partial charge is 0.119 e. The zero-order valence-electron chi connectivity index (χ0n) is 14.1. The molecule has 0 saturated heterocycles. The van der Waals surface area contributed by atoms with Gasteiger partial charge in [-0.1, -0.05) is 38.8 Å². The molecule has 3 atom stereocenters. The summed E-state index contributed by atoms with van der Waals surface area (Å²) in [5.74, 6) is 2.69. The number of rotatable bonds is 7. The Hall–Kier alpha value is -1.02.